The third-order valence-electron chi connectivity index (χ3n) is 3.04. The highest BCUT2D eigenvalue weighted by Crippen LogP contribution is 2.22. The largest absolute Gasteiger partial charge is 0.469 e. The molecule has 4 heteroatoms. The van der Waals surface area contributed by atoms with Crippen LogP contribution in [0.5, 0.6) is 0 Å². The van der Waals surface area contributed by atoms with Crippen LogP contribution in [-0.4, -0.2) is 6.54 Å². The van der Waals surface area contributed by atoms with Crippen molar-refractivity contribution in [2.24, 2.45) is 0 Å². The maximum atomic E-state index is 13.7. The SMILES string of the molecule is CCNC(Cc1ccc(F)cc1F)c1coc(C)c1. The standard InChI is InChI=1S/C15H17F2NO/c1-3-18-15(12-6-10(2)19-9-12)7-11-4-5-13(16)8-14(11)17/h4-6,8-9,15,18H,3,7H2,1-2H3. The molecule has 1 aromatic heterocycles. The summed E-state index contributed by atoms with van der Waals surface area (Å²) in [6, 6.07) is 5.57. The van der Waals surface area contributed by atoms with E-state index in [1.54, 1.807) is 6.26 Å². The Hall–Kier alpha value is -1.68. The van der Waals surface area contributed by atoms with Crippen LogP contribution < -0.4 is 5.32 Å². The molecule has 0 radical (unpaired) electrons. The number of aryl methyl sites for hydroxylation is 1. The first kappa shape index (κ1) is 13.7. The summed E-state index contributed by atoms with van der Waals surface area (Å²) in [4.78, 5) is 0. The number of likely N-dealkylation sites (N-methyl/N-ethyl adjacent to an activating group) is 1. The Bertz CT molecular complexity index is 551. The van der Waals surface area contributed by atoms with Crippen molar-refractivity contribution in [1.29, 1.82) is 0 Å². The monoisotopic (exact) mass is 265 g/mol. The molecule has 0 amide bonds. The van der Waals surface area contributed by atoms with Gasteiger partial charge >= 0.3 is 0 Å². The molecular weight excluding hydrogens is 248 g/mol. The average molecular weight is 265 g/mol. The Morgan fingerprint density at radius 3 is 2.63 bits per heavy atom. The lowest BCUT2D eigenvalue weighted by Crippen LogP contribution is -2.23. The first-order valence-corrected chi connectivity index (χ1v) is 6.32. The summed E-state index contributed by atoms with van der Waals surface area (Å²) < 4.78 is 31.9. The topological polar surface area (TPSA) is 25.2 Å². The minimum Gasteiger partial charge on any atom is -0.469 e. The fourth-order valence-electron chi connectivity index (χ4n) is 2.11. The van der Waals surface area contributed by atoms with E-state index < -0.39 is 11.6 Å². The summed E-state index contributed by atoms with van der Waals surface area (Å²) in [5, 5.41) is 3.28. The van der Waals surface area contributed by atoms with Gasteiger partial charge in [0.05, 0.1) is 6.26 Å². The second-order valence-electron chi connectivity index (χ2n) is 4.54. The van der Waals surface area contributed by atoms with Gasteiger partial charge in [0.1, 0.15) is 17.4 Å². The number of hydrogen-bond donors (Lipinski definition) is 1. The number of nitrogens with one attached hydrogen (secondary N) is 1. The van der Waals surface area contributed by atoms with Crippen LogP contribution in [0, 0.1) is 18.6 Å². The summed E-state index contributed by atoms with van der Waals surface area (Å²) in [6.07, 6.45) is 2.13. The molecule has 1 N–H and O–H groups in total. The predicted octanol–water partition coefficient (Wildman–Crippen LogP) is 3.76. The van der Waals surface area contributed by atoms with Crippen molar-refractivity contribution in [1.82, 2.24) is 5.32 Å². The number of halogens is 2. The molecule has 0 aliphatic carbocycles. The highest BCUT2D eigenvalue weighted by Gasteiger charge is 2.15. The molecule has 2 rings (SSSR count). The van der Waals surface area contributed by atoms with Gasteiger partial charge in [-0.25, -0.2) is 8.78 Å². The van der Waals surface area contributed by atoms with Crippen LogP contribution in [0.1, 0.15) is 29.9 Å². The zero-order valence-corrected chi connectivity index (χ0v) is 11.0. The summed E-state index contributed by atoms with van der Waals surface area (Å²) in [5.41, 5.74) is 1.47. The number of rotatable bonds is 5. The molecule has 1 atom stereocenters. The van der Waals surface area contributed by atoms with Crippen LogP contribution in [0.15, 0.2) is 34.9 Å². The Kier molecular flexibility index (Phi) is 4.32. The van der Waals surface area contributed by atoms with Crippen molar-refractivity contribution < 1.29 is 13.2 Å². The van der Waals surface area contributed by atoms with Gasteiger partial charge in [0.25, 0.3) is 0 Å². The molecule has 2 aromatic rings. The predicted molar refractivity (Wildman–Crippen MR) is 69.9 cm³/mol. The van der Waals surface area contributed by atoms with Gasteiger partial charge < -0.3 is 9.73 Å². The van der Waals surface area contributed by atoms with Gasteiger partial charge in [-0.3, -0.25) is 0 Å². The van der Waals surface area contributed by atoms with Gasteiger partial charge in [0.15, 0.2) is 0 Å². The smallest absolute Gasteiger partial charge is 0.129 e. The molecule has 1 aromatic carbocycles. The molecule has 102 valence electrons. The first-order valence-electron chi connectivity index (χ1n) is 6.32. The second kappa shape index (κ2) is 5.97. The van der Waals surface area contributed by atoms with Crippen molar-refractivity contribution in [3.8, 4) is 0 Å². The summed E-state index contributed by atoms with van der Waals surface area (Å²) >= 11 is 0. The van der Waals surface area contributed by atoms with E-state index in [0.717, 1.165) is 23.9 Å². The van der Waals surface area contributed by atoms with Crippen LogP contribution in [0.2, 0.25) is 0 Å². The Morgan fingerprint density at radius 1 is 1.26 bits per heavy atom. The fraction of sp³-hybridized carbons (Fsp3) is 0.333. The molecule has 19 heavy (non-hydrogen) atoms. The molecule has 0 spiro atoms. The maximum Gasteiger partial charge on any atom is 0.129 e. The third kappa shape index (κ3) is 3.41. The van der Waals surface area contributed by atoms with E-state index in [2.05, 4.69) is 5.32 Å². The quantitative estimate of drug-likeness (QED) is 0.890. The first-order chi connectivity index (χ1) is 9.10. The molecule has 0 saturated heterocycles. The molecular formula is C15H17F2NO. The molecule has 1 unspecified atom stereocenters. The highest BCUT2D eigenvalue weighted by molar-refractivity contribution is 5.24. The van der Waals surface area contributed by atoms with Crippen molar-refractivity contribution >= 4 is 0 Å². The lowest BCUT2D eigenvalue weighted by atomic mass is 10.0. The highest BCUT2D eigenvalue weighted by atomic mass is 19.1. The van der Waals surface area contributed by atoms with E-state index in [4.69, 9.17) is 4.42 Å². The zero-order chi connectivity index (χ0) is 13.8. The van der Waals surface area contributed by atoms with Crippen molar-refractivity contribution in [2.45, 2.75) is 26.3 Å². The van der Waals surface area contributed by atoms with Crippen LogP contribution >= 0.6 is 0 Å². The minimum absolute atomic E-state index is 0.0394. The Balaban J connectivity index is 2.21. The summed E-state index contributed by atoms with van der Waals surface area (Å²) in [5.74, 6) is -0.249. The number of furan rings is 1. The van der Waals surface area contributed by atoms with E-state index in [-0.39, 0.29) is 6.04 Å². The van der Waals surface area contributed by atoms with Gasteiger partial charge in [0.2, 0.25) is 0 Å². The number of hydrogen-bond acceptors (Lipinski definition) is 2. The Morgan fingerprint density at radius 2 is 2.05 bits per heavy atom. The third-order valence-corrected chi connectivity index (χ3v) is 3.04. The maximum absolute atomic E-state index is 13.7. The van der Waals surface area contributed by atoms with Gasteiger partial charge in [-0.1, -0.05) is 13.0 Å². The molecule has 1 heterocycles. The number of benzene rings is 1. The molecule has 2 nitrogen and oxygen atoms in total. The lowest BCUT2D eigenvalue weighted by molar-refractivity contribution is 0.501. The molecule has 0 saturated carbocycles. The lowest BCUT2D eigenvalue weighted by Gasteiger charge is -2.16. The zero-order valence-electron chi connectivity index (χ0n) is 11.0. The normalized spacial score (nSPS) is 12.6. The van der Waals surface area contributed by atoms with E-state index in [1.165, 1.54) is 12.1 Å². The van der Waals surface area contributed by atoms with Crippen LogP contribution in [0.25, 0.3) is 0 Å². The van der Waals surface area contributed by atoms with E-state index in [0.29, 0.717) is 12.0 Å². The van der Waals surface area contributed by atoms with E-state index >= 15 is 0 Å². The van der Waals surface area contributed by atoms with Gasteiger partial charge in [-0.2, -0.15) is 0 Å². The van der Waals surface area contributed by atoms with Crippen molar-refractivity contribution in [3.05, 3.63) is 59.1 Å². The Labute approximate surface area is 111 Å². The minimum atomic E-state index is -0.555. The molecule has 0 fully saturated rings. The van der Waals surface area contributed by atoms with Crippen LogP contribution in [0.4, 0.5) is 8.78 Å². The fourth-order valence-corrected chi connectivity index (χ4v) is 2.11. The van der Waals surface area contributed by atoms with Crippen LogP contribution in [-0.2, 0) is 6.42 Å². The summed E-state index contributed by atoms with van der Waals surface area (Å²) in [7, 11) is 0. The van der Waals surface area contributed by atoms with E-state index in [1.807, 2.05) is 19.9 Å². The van der Waals surface area contributed by atoms with Crippen LogP contribution in [0.3, 0.4) is 0 Å². The molecule has 0 aliphatic heterocycles. The van der Waals surface area contributed by atoms with Crippen molar-refractivity contribution in [2.75, 3.05) is 6.54 Å². The van der Waals surface area contributed by atoms with Crippen molar-refractivity contribution in [3.63, 3.8) is 0 Å². The molecule has 0 bridgehead atoms. The molecule has 0 aliphatic rings. The van der Waals surface area contributed by atoms with Gasteiger partial charge in [-0.05, 0) is 37.6 Å². The second-order valence-corrected chi connectivity index (χ2v) is 4.54. The van der Waals surface area contributed by atoms with Gasteiger partial charge in [0, 0.05) is 17.7 Å². The summed E-state index contributed by atoms with van der Waals surface area (Å²) in [6.45, 7) is 4.61. The van der Waals surface area contributed by atoms with Gasteiger partial charge in [-0.15, -0.1) is 0 Å². The average Bonchev–Trinajstić information content (AvgIpc) is 2.78. The van der Waals surface area contributed by atoms with E-state index in [9.17, 15) is 8.78 Å².